The van der Waals surface area contributed by atoms with E-state index in [2.05, 4.69) is 0 Å². The second-order valence-corrected chi connectivity index (χ2v) is 12.1. The molecule has 2 aliphatic rings. The van der Waals surface area contributed by atoms with E-state index in [1.54, 1.807) is 11.8 Å². The average Bonchev–Trinajstić information content (AvgIpc) is 3.01. The highest BCUT2D eigenvalue weighted by Crippen LogP contribution is 2.40. The first-order valence-corrected chi connectivity index (χ1v) is 14.9. The van der Waals surface area contributed by atoms with Crippen molar-refractivity contribution < 1.29 is 50.2 Å². The van der Waals surface area contributed by atoms with Gasteiger partial charge in [0.25, 0.3) is 0 Å². The number of carbonyl (C=O) groups is 3. The number of amides is 3. The van der Waals surface area contributed by atoms with Crippen molar-refractivity contribution in [2.24, 2.45) is 11.8 Å². The zero-order valence-corrected chi connectivity index (χ0v) is 25.6. The third kappa shape index (κ3) is 7.64. The predicted octanol–water partition coefficient (Wildman–Crippen LogP) is 5.55. The van der Waals surface area contributed by atoms with Crippen molar-refractivity contribution in [2.75, 3.05) is 39.8 Å². The van der Waals surface area contributed by atoms with E-state index in [-0.39, 0.29) is 37.0 Å². The molecule has 7 nitrogen and oxygen atoms in total. The topological polar surface area (TPSA) is 81.2 Å². The van der Waals surface area contributed by atoms with E-state index < -0.39 is 71.5 Å². The maximum Gasteiger partial charge on any atom is 0.416 e. The van der Waals surface area contributed by atoms with E-state index >= 15 is 0 Å². The molecule has 14 heteroatoms. The fraction of sp³-hybridized carbons (Fsp3) is 0.531. The zero-order chi connectivity index (χ0) is 34.1. The Kier molecular flexibility index (Phi) is 10.4. The number of halogens is 7. The smallest absolute Gasteiger partial charge is 0.387 e. The third-order valence-electron chi connectivity index (χ3n) is 9.23. The van der Waals surface area contributed by atoms with Gasteiger partial charge in [-0.2, -0.15) is 26.3 Å². The molecule has 46 heavy (non-hydrogen) atoms. The molecule has 2 heterocycles. The van der Waals surface area contributed by atoms with Crippen LogP contribution in [0, 0.1) is 24.6 Å². The number of likely N-dealkylation sites (tertiary alicyclic amines) is 2. The van der Waals surface area contributed by atoms with Gasteiger partial charge in [0, 0.05) is 51.0 Å². The monoisotopic (exact) mass is 659 g/mol. The number of benzene rings is 2. The Hall–Kier alpha value is -3.68. The fourth-order valence-electron chi connectivity index (χ4n) is 6.45. The van der Waals surface area contributed by atoms with Crippen LogP contribution in [0.2, 0.25) is 0 Å². The van der Waals surface area contributed by atoms with Crippen molar-refractivity contribution in [3.05, 3.63) is 70.0 Å². The van der Waals surface area contributed by atoms with Gasteiger partial charge in [-0.3, -0.25) is 14.4 Å². The van der Waals surface area contributed by atoms with E-state index in [1.807, 2.05) is 0 Å². The van der Waals surface area contributed by atoms with E-state index in [0.29, 0.717) is 49.2 Å². The predicted molar refractivity (Wildman–Crippen MR) is 153 cm³/mol. The fourth-order valence-corrected chi connectivity index (χ4v) is 6.45. The standard InChI is InChI=1S/C32H36F7N3O4/c1-18-12-24(33)4-5-25(18)27-16-42(29(45)20-6-9-41(10-7-20)28(44)17-43)11-8-26(27)30(46)40(3)19(2)21-13-22(31(34,35)36)15-23(14-21)32(37,38)39/h4-5,12-15,19-20,26-27,43H,6-11,16-17H2,1-3H3/t19-,26-,27+/m0/s1. The summed E-state index contributed by atoms with van der Waals surface area (Å²) in [5.74, 6) is -3.46. The largest absolute Gasteiger partial charge is 0.416 e. The van der Waals surface area contributed by atoms with Gasteiger partial charge in [-0.05, 0) is 80.1 Å². The van der Waals surface area contributed by atoms with Gasteiger partial charge in [-0.15, -0.1) is 0 Å². The lowest BCUT2D eigenvalue weighted by Gasteiger charge is -2.42. The summed E-state index contributed by atoms with van der Waals surface area (Å²) >= 11 is 0. The number of carbonyl (C=O) groups excluding carboxylic acids is 3. The van der Waals surface area contributed by atoms with Gasteiger partial charge in [-0.25, -0.2) is 4.39 Å². The van der Waals surface area contributed by atoms with Crippen LogP contribution in [0.4, 0.5) is 30.7 Å². The molecule has 0 aliphatic carbocycles. The summed E-state index contributed by atoms with van der Waals surface area (Å²) in [6, 6.07) is 4.11. The van der Waals surface area contributed by atoms with Crippen molar-refractivity contribution >= 4 is 17.7 Å². The number of alkyl halides is 6. The number of aliphatic hydroxyl groups is 1. The first-order chi connectivity index (χ1) is 21.4. The molecule has 3 atom stereocenters. The molecule has 4 rings (SSSR count). The van der Waals surface area contributed by atoms with Crippen LogP contribution >= 0.6 is 0 Å². The summed E-state index contributed by atoms with van der Waals surface area (Å²) in [5.41, 5.74) is -2.19. The minimum Gasteiger partial charge on any atom is -0.387 e. The molecule has 2 saturated heterocycles. The van der Waals surface area contributed by atoms with Gasteiger partial charge in [0.05, 0.1) is 17.2 Å². The van der Waals surface area contributed by atoms with Crippen LogP contribution in [-0.4, -0.2) is 77.4 Å². The molecule has 0 spiro atoms. The molecule has 2 aromatic rings. The molecule has 0 radical (unpaired) electrons. The SMILES string of the molecule is Cc1cc(F)ccc1[C@H]1CN(C(=O)C2CCN(C(=O)CO)CC2)CC[C@@H]1C(=O)N(C)[C@@H](C)c1cc(C(F)(F)F)cc(C(F)(F)F)c1. The molecular weight excluding hydrogens is 623 g/mol. The molecule has 0 unspecified atom stereocenters. The second kappa shape index (κ2) is 13.6. The summed E-state index contributed by atoms with van der Waals surface area (Å²) in [4.78, 5) is 43.6. The van der Waals surface area contributed by atoms with E-state index in [4.69, 9.17) is 5.11 Å². The molecule has 1 N–H and O–H groups in total. The number of hydrogen-bond acceptors (Lipinski definition) is 4. The van der Waals surface area contributed by atoms with Crippen molar-refractivity contribution in [2.45, 2.75) is 57.4 Å². The summed E-state index contributed by atoms with van der Waals surface area (Å²) < 4.78 is 95.2. The van der Waals surface area contributed by atoms with Crippen molar-refractivity contribution in [1.82, 2.24) is 14.7 Å². The van der Waals surface area contributed by atoms with E-state index in [0.717, 1.165) is 4.90 Å². The Morgan fingerprint density at radius 3 is 2.00 bits per heavy atom. The summed E-state index contributed by atoms with van der Waals surface area (Å²) in [6.07, 6.45) is -9.16. The Morgan fingerprint density at radius 2 is 1.48 bits per heavy atom. The molecule has 2 aliphatic heterocycles. The van der Waals surface area contributed by atoms with Crippen LogP contribution in [0.25, 0.3) is 0 Å². The van der Waals surface area contributed by atoms with Crippen molar-refractivity contribution in [1.29, 1.82) is 0 Å². The summed E-state index contributed by atoms with van der Waals surface area (Å²) in [5, 5.41) is 9.13. The highest BCUT2D eigenvalue weighted by atomic mass is 19.4. The highest BCUT2D eigenvalue weighted by Gasteiger charge is 2.42. The highest BCUT2D eigenvalue weighted by molar-refractivity contribution is 5.83. The van der Waals surface area contributed by atoms with Crippen LogP contribution in [0.15, 0.2) is 36.4 Å². The molecule has 2 fully saturated rings. The first-order valence-electron chi connectivity index (χ1n) is 14.9. The normalized spacial score (nSPS) is 20.4. The minimum absolute atomic E-state index is 0.0342. The van der Waals surface area contributed by atoms with Crippen LogP contribution in [0.3, 0.4) is 0 Å². The molecular formula is C32H36F7N3O4. The summed E-state index contributed by atoms with van der Waals surface area (Å²) in [7, 11) is 1.31. The minimum atomic E-state index is -5.05. The molecule has 2 aromatic carbocycles. The third-order valence-corrected chi connectivity index (χ3v) is 9.23. The molecule has 0 saturated carbocycles. The first kappa shape index (κ1) is 35.2. The summed E-state index contributed by atoms with van der Waals surface area (Å²) in [6.45, 7) is 3.25. The number of rotatable bonds is 6. The maximum atomic E-state index is 14.0. The molecule has 3 amide bonds. The van der Waals surface area contributed by atoms with Gasteiger partial charge in [0.2, 0.25) is 17.7 Å². The number of nitrogens with zero attached hydrogens (tertiary/aromatic N) is 3. The van der Waals surface area contributed by atoms with Crippen molar-refractivity contribution in [3.63, 3.8) is 0 Å². The Morgan fingerprint density at radius 1 is 0.913 bits per heavy atom. The Balaban J connectivity index is 1.60. The van der Waals surface area contributed by atoms with Crippen LogP contribution < -0.4 is 0 Å². The van der Waals surface area contributed by atoms with Gasteiger partial charge < -0.3 is 19.8 Å². The van der Waals surface area contributed by atoms with Gasteiger partial charge in [-0.1, -0.05) is 6.07 Å². The van der Waals surface area contributed by atoms with E-state index in [9.17, 15) is 45.1 Å². The molecule has 0 bridgehead atoms. The maximum absolute atomic E-state index is 14.0. The van der Waals surface area contributed by atoms with Gasteiger partial charge in [0.15, 0.2) is 0 Å². The Labute approximate surface area is 261 Å². The number of piperidine rings is 2. The lowest BCUT2D eigenvalue weighted by atomic mass is 9.77. The molecule has 252 valence electrons. The lowest BCUT2D eigenvalue weighted by molar-refractivity contribution is -0.146. The number of hydrogen-bond donors (Lipinski definition) is 1. The van der Waals surface area contributed by atoms with Crippen LogP contribution in [0.5, 0.6) is 0 Å². The number of aryl methyl sites for hydroxylation is 1. The lowest BCUT2D eigenvalue weighted by Crippen LogP contribution is -2.51. The number of aliphatic hydroxyl groups excluding tert-OH is 1. The quantitative estimate of drug-likeness (QED) is 0.413. The van der Waals surface area contributed by atoms with E-state index in [1.165, 1.54) is 37.1 Å². The van der Waals surface area contributed by atoms with Crippen LogP contribution in [-0.2, 0) is 26.7 Å². The van der Waals surface area contributed by atoms with Gasteiger partial charge >= 0.3 is 12.4 Å². The second-order valence-electron chi connectivity index (χ2n) is 12.1. The molecule has 0 aromatic heterocycles. The Bertz CT molecular complexity index is 1420. The van der Waals surface area contributed by atoms with Crippen LogP contribution in [0.1, 0.15) is 66.0 Å². The van der Waals surface area contributed by atoms with Gasteiger partial charge in [0.1, 0.15) is 12.4 Å². The van der Waals surface area contributed by atoms with Crippen molar-refractivity contribution in [3.8, 4) is 0 Å². The average molecular weight is 660 g/mol. The zero-order valence-electron chi connectivity index (χ0n) is 25.6.